The highest BCUT2D eigenvalue weighted by Gasteiger charge is 2.49. The fourth-order valence-corrected chi connectivity index (χ4v) is 3.23. The van der Waals surface area contributed by atoms with Crippen molar-refractivity contribution in [3.63, 3.8) is 0 Å². The highest BCUT2D eigenvalue weighted by Crippen LogP contribution is 2.43. The van der Waals surface area contributed by atoms with Crippen LogP contribution in [-0.4, -0.2) is 18.8 Å². The molecule has 0 aliphatic heterocycles. The average Bonchev–Trinajstić information content (AvgIpc) is 2.37. The molecule has 112 valence electrons. The second kappa shape index (κ2) is 6.12. The lowest BCUT2D eigenvalue weighted by Crippen LogP contribution is -2.61. The van der Waals surface area contributed by atoms with Crippen LogP contribution >= 0.6 is 15.9 Å². The Kier molecular flexibility index (Phi) is 4.88. The fraction of sp³-hybridized carbons (Fsp3) is 0.625. The number of benzene rings is 1. The van der Waals surface area contributed by atoms with E-state index in [-0.39, 0.29) is 17.3 Å². The van der Waals surface area contributed by atoms with Crippen molar-refractivity contribution in [2.24, 2.45) is 5.41 Å². The van der Waals surface area contributed by atoms with Gasteiger partial charge in [0, 0.05) is 34.1 Å². The Morgan fingerprint density at radius 2 is 2.20 bits per heavy atom. The Hall–Kier alpha value is -0.450. The molecule has 2 nitrogen and oxygen atoms in total. The molecule has 3 atom stereocenters. The van der Waals surface area contributed by atoms with E-state index in [0.717, 1.165) is 17.5 Å². The zero-order valence-corrected chi connectivity index (χ0v) is 14.1. The van der Waals surface area contributed by atoms with Crippen LogP contribution in [0, 0.1) is 11.2 Å². The van der Waals surface area contributed by atoms with Crippen molar-refractivity contribution in [1.82, 2.24) is 5.32 Å². The normalized spacial score (nSPS) is 26.1. The van der Waals surface area contributed by atoms with Crippen LogP contribution < -0.4 is 5.32 Å². The zero-order valence-electron chi connectivity index (χ0n) is 12.5. The molecule has 0 bridgehead atoms. The fourth-order valence-electron chi connectivity index (χ4n) is 2.90. The van der Waals surface area contributed by atoms with Gasteiger partial charge in [0.1, 0.15) is 5.82 Å². The summed E-state index contributed by atoms with van der Waals surface area (Å²) in [5.74, 6) is -0.169. The number of hydrogen-bond acceptors (Lipinski definition) is 2. The van der Waals surface area contributed by atoms with E-state index in [9.17, 15) is 4.39 Å². The molecular formula is C16H23BrFNO. The van der Waals surface area contributed by atoms with Gasteiger partial charge in [-0.25, -0.2) is 4.39 Å². The Bertz CT molecular complexity index is 478. The summed E-state index contributed by atoms with van der Waals surface area (Å²) in [6.45, 7) is 9.20. The molecule has 0 aromatic heterocycles. The molecule has 4 heteroatoms. The van der Waals surface area contributed by atoms with E-state index >= 15 is 0 Å². The van der Waals surface area contributed by atoms with Gasteiger partial charge in [-0.3, -0.25) is 0 Å². The molecule has 1 aliphatic carbocycles. The van der Waals surface area contributed by atoms with Gasteiger partial charge in [0.05, 0.1) is 6.10 Å². The van der Waals surface area contributed by atoms with Crippen molar-refractivity contribution in [1.29, 1.82) is 0 Å². The lowest BCUT2D eigenvalue weighted by molar-refractivity contribution is -0.116. The molecule has 1 saturated carbocycles. The van der Waals surface area contributed by atoms with Crippen LogP contribution in [0.3, 0.4) is 0 Å². The molecule has 0 radical (unpaired) electrons. The number of rotatable bonds is 5. The van der Waals surface area contributed by atoms with E-state index in [4.69, 9.17) is 4.74 Å². The second-order valence-electron chi connectivity index (χ2n) is 6.11. The third-order valence-corrected chi connectivity index (χ3v) is 4.92. The summed E-state index contributed by atoms with van der Waals surface area (Å²) in [6, 6.07) is 5.59. The van der Waals surface area contributed by atoms with Gasteiger partial charge >= 0.3 is 0 Å². The quantitative estimate of drug-likeness (QED) is 0.853. The minimum Gasteiger partial charge on any atom is -0.378 e. The molecular weight excluding hydrogens is 321 g/mol. The summed E-state index contributed by atoms with van der Waals surface area (Å²) in [6.07, 6.45) is 1.29. The molecule has 0 saturated heterocycles. The van der Waals surface area contributed by atoms with E-state index in [1.54, 1.807) is 0 Å². The van der Waals surface area contributed by atoms with Crippen LogP contribution in [0.15, 0.2) is 22.7 Å². The Morgan fingerprint density at radius 1 is 1.50 bits per heavy atom. The van der Waals surface area contributed by atoms with E-state index in [2.05, 4.69) is 35.1 Å². The molecule has 0 heterocycles. The first kappa shape index (κ1) is 15.9. The standard InChI is InChI=1S/C16H23BrFNO/c1-5-20-15-9-14(16(15,3)4)19-10(2)12-7-6-11(17)8-13(12)18/h6-8,10,14-15,19H,5,9H2,1-4H3. The van der Waals surface area contributed by atoms with Crippen LogP contribution in [-0.2, 0) is 4.74 Å². The maximum Gasteiger partial charge on any atom is 0.129 e. The van der Waals surface area contributed by atoms with Crippen molar-refractivity contribution >= 4 is 15.9 Å². The van der Waals surface area contributed by atoms with Crippen LogP contribution in [0.1, 0.15) is 45.7 Å². The Morgan fingerprint density at radius 3 is 2.75 bits per heavy atom. The van der Waals surface area contributed by atoms with Crippen LogP contribution in [0.5, 0.6) is 0 Å². The number of nitrogens with one attached hydrogen (secondary N) is 1. The summed E-state index contributed by atoms with van der Waals surface area (Å²) >= 11 is 3.29. The maximum atomic E-state index is 14.0. The second-order valence-corrected chi connectivity index (χ2v) is 7.02. The topological polar surface area (TPSA) is 21.3 Å². The molecule has 3 unspecified atom stereocenters. The molecule has 0 amide bonds. The van der Waals surface area contributed by atoms with Gasteiger partial charge in [0.2, 0.25) is 0 Å². The predicted molar refractivity (Wildman–Crippen MR) is 83.3 cm³/mol. The van der Waals surface area contributed by atoms with Crippen molar-refractivity contribution in [3.05, 3.63) is 34.1 Å². The molecule has 1 N–H and O–H groups in total. The van der Waals surface area contributed by atoms with E-state index in [1.165, 1.54) is 6.07 Å². The van der Waals surface area contributed by atoms with Crippen molar-refractivity contribution < 1.29 is 9.13 Å². The third-order valence-electron chi connectivity index (χ3n) is 4.43. The minimum atomic E-state index is -0.169. The van der Waals surface area contributed by atoms with E-state index < -0.39 is 0 Å². The summed E-state index contributed by atoms with van der Waals surface area (Å²) in [5, 5.41) is 3.54. The molecule has 20 heavy (non-hydrogen) atoms. The summed E-state index contributed by atoms with van der Waals surface area (Å²) in [4.78, 5) is 0. The molecule has 1 aliphatic rings. The van der Waals surface area contributed by atoms with Gasteiger partial charge in [-0.05, 0) is 32.4 Å². The first-order chi connectivity index (χ1) is 9.36. The van der Waals surface area contributed by atoms with Crippen LogP contribution in [0.4, 0.5) is 4.39 Å². The Balaban J connectivity index is 2.01. The van der Waals surface area contributed by atoms with Crippen molar-refractivity contribution in [2.45, 2.75) is 52.3 Å². The van der Waals surface area contributed by atoms with Crippen molar-refractivity contribution in [3.8, 4) is 0 Å². The highest BCUT2D eigenvalue weighted by atomic mass is 79.9. The predicted octanol–water partition coefficient (Wildman–Crippen LogP) is 4.44. The largest absolute Gasteiger partial charge is 0.378 e. The van der Waals surface area contributed by atoms with Gasteiger partial charge in [0.25, 0.3) is 0 Å². The SMILES string of the molecule is CCOC1CC(NC(C)c2ccc(Br)cc2F)C1(C)C. The lowest BCUT2D eigenvalue weighted by atomic mass is 9.64. The Labute approximate surface area is 129 Å². The number of ether oxygens (including phenoxy) is 1. The first-order valence-corrected chi connectivity index (χ1v) is 7.98. The summed E-state index contributed by atoms with van der Waals surface area (Å²) in [7, 11) is 0. The zero-order chi connectivity index (χ0) is 14.9. The van der Waals surface area contributed by atoms with Crippen LogP contribution in [0.2, 0.25) is 0 Å². The van der Waals surface area contributed by atoms with Gasteiger partial charge in [-0.15, -0.1) is 0 Å². The van der Waals surface area contributed by atoms with Gasteiger partial charge < -0.3 is 10.1 Å². The number of hydrogen-bond donors (Lipinski definition) is 1. The first-order valence-electron chi connectivity index (χ1n) is 7.18. The molecule has 1 aromatic carbocycles. The highest BCUT2D eigenvalue weighted by molar-refractivity contribution is 9.10. The summed E-state index contributed by atoms with van der Waals surface area (Å²) < 4.78 is 20.5. The van der Waals surface area contributed by atoms with Gasteiger partial charge in [0.15, 0.2) is 0 Å². The van der Waals surface area contributed by atoms with Gasteiger partial charge in [-0.1, -0.05) is 35.8 Å². The van der Waals surface area contributed by atoms with Crippen LogP contribution in [0.25, 0.3) is 0 Å². The van der Waals surface area contributed by atoms with E-state index in [1.807, 2.05) is 26.0 Å². The molecule has 1 fully saturated rings. The molecule has 1 aromatic rings. The van der Waals surface area contributed by atoms with E-state index in [0.29, 0.717) is 17.7 Å². The summed E-state index contributed by atoms with van der Waals surface area (Å²) in [5.41, 5.74) is 0.805. The monoisotopic (exact) mass is 343 g/mol. The average molecular weight is 344 g/mol. The molecule has 0 spiro atoms. The van der Waals surface area contributed by atoms with Gasteiger partial charge in [-0.2, -0.15) is 0 Å². The number of halogens is 2. The smallest absolute Gasteiger partial charge is 0.129 e. The third kappa shape index (κ3) is 3.07. The maximum absolute atomic E-state index is 14.0. The van der Waals surface area contributed by atoms with Crippen molar-refractivity contribution in [2.75, 3.05) is 6.61 Å². The lowest BCUT2D eigenvalue weighted by Gasteiger charge is -2.52. The molecule has 2 rings (SSSR count). The minimum absolute atomic E-state index is 0.00467.